The summed E-state index contributed by atoms with van der Waals surface area (Å²) in [6.45, 7) is 0.915. The molecule has 0 saturated heterocycles. The molecule has 0 spiro atoms. The summed E-state index contributed by atoms with van der Waals surface area (Å²) in [6, 6.07) is 9.38. The molecule has 118 valence electrons. The molecule has 1 amide bonds. The first-order valence-electron chi connectivity index (χ1n) is 6.85. The molecule has 0 bridgehead atoms. The van der Waals surface area contributed by atoms with Gasteiger partial charge in [0.05, 0.1) is 11.2 Å². The van der Waals surface area contributed by atoms with Crippen molar-refractivity contribution in [3.8, 4) is 17.2 Å². The number of nitrogens with one attached hydrogen (secondary N) is 1. The summed E-state index contributed by atoms with van der Waals surface area (Å²) in [5.41, 5.74) is 3.35. The van der Waals surface area contributed by atoms with Crippen LogP contribution >= 0.6 is 11.6 Å². The number of fused-ring (bicyclic) bond motifs is 1. The number of amides is 1. The average Bonchev–Trinajstić information content (AvgIpc) is 2.55. The van der Waals surface area contributed by atoms with Gasteiger partial charge in [0.2, 0.25) is 0 Å². The molecular formula is C16H13ClN2O4. The third-order valence-electron chi connectivity index (χ3n) is 3.11. The maximum Gasteiger partial charge on any atom is 0.271 e. The summed E-state index contributed by atoms with van der Waals surface area (Å²) in [6.07, 6.45) is 1.45. The van der Waals surface area contributed by atoms with Crippen molar-refractivity contribution < 1.29 is 19.4 Å². The van der Waals surface area contributed by atoms with Crippen LogP contribution in [-0.4, -0.2) is 30.4 Å². The van der Waals surface area contributed by atoms with Crippen LogP contribution in [0, 0.1) is 0 Å². The van der Waals surface area contributed by atoms with E-state index in [2.05, 4.69) is 10.5 Å². The predicted octanol–water partition coefficient (Wildman–Crippen LogP) is 2.58. The number of ether oxygens (including phenoxy) is 2. The van der Waals surface area contributed by atoms with Crippen LogP contribution in [0.1, 0.15) is 15.9 Å². The van der Waals surface area contributed by atoms with Gasteiger partial charge in [0.25, 0.3) is 5.91 Å². The molecule has 1 aliphatic rings. The summed E-state index contributed by atoms with van der Waals surface area (Å²) in [5, 5.41) is 13.6. The lowest BCUT2D eigenvalue weighted by molar-refractivity contribution is 0.0954. The number of carbonyl (C=O) groups excluding carboxylic acids is 1. The molecule has 1 aliphatic heterocycles. The highest BCUT2D eigenvalue weighted by Crippen LogP contribution is 2.37. The lowest BCUT2D eigenvalue weighted by Gasteiger charge is -2.19. The quantitative estimate of drug-likeness (QED) is 0.668. The van der Waals surface area contributed by atoms with Crippen LogP contribution in [0.5, 0.6) is 17.2 Å². The Hall–Kier alpha value is -2.73. The minimum atomic E-state index is -0.430. The number of benzene rings is 2. The van der Waals surface area contributed by atoms with Gasteiger partial charge < -0.3 is 14.6 Å². The van der Waals surface area contributed by atoms with Gasteiger partial charge in [-0.15, -0.1) is 0 Å². The summed E-state index contributed by atoms with van der Waals surface area (Å²) in [4.78, 5) is 11.9. The van der Waals surface area contributed by atoms with Gasteiger partial charge in [-0.2, -0.15) is 5.10 Å². The number of halogens is 1. The molecule has 0 unspecified atom stereocenters. The highest BCUT2D eigenvalue weighted by molar-refractivity contribution is 6.32. The van der Waals surface area contributed by atoms with Gasteiger partial charge in [-0.1, -0.05) is 17.7 Å². The third-order valence-corrected chi connectivity index (χ3v) is 3.39. The number of phenols is 1. The van der Waals surface area contributed by atoms with Gasteiger partial charge in [0.15, 0.2) is 11.5 Å². The normalized spacial score (nSPS) is 13.1. The lowest BCUT2D eigenvalue weighted by atomic mass is 10.2. The van der Waals surface area contributed by atoms with E-state index in [1.165, 1.54) is 18.3 Å². The second-order valence-corrected chi connectivity index (χ2v) is 5.18. The van der Waals surface area contributed by atoms with Crippen LogP contribution in [-0.2, 0) is 0 Å². The Labute approximate surface area is 137 Å². The molecule has 0 atom stereocenters. The Morgan fingerprint density at radius 3 is 2.91 bits per heavy atom. The van der Waals surface area contributed by atoms with Crippen molar-refractivity contribution in [3.05, 3.63) is 52.5 Å². The van der Waals surface area contributed by atoms with Crippen molar-refractivity contribution in [1.29, 1.82) is 0 Å². The summed E-state index contributed by atoms with van der Waals surface area (Å²) in [5.74, 6) is 0.643. The van der Waals surface area contributed by atoms with Crippen molar-refractivity contribution in [1.82, 2.24) is 5.43 Å². The van der Waals surface area contributed by atoms with Crippen molar-refractivity contribution in [3.63, 3.8) is 0 Å². The van der Waals surface area contributed by atoms with E-state index in [1.807, 2.05) is 0 Å². The number of rotatable bonds is 3. The van der Waals surface area contributed by atoms with Crippen LogP contribution in [0.2, 0.25) is 5.02 Å². The standard InChI is InChI=1S/C16H13ClN2O4/c17-13-6-10(7-14-15(13)23-5-4-22-14)9-18-19-16(21)11-2-1-3-12(20)8-11/h1-3,6-9,20H,4-5H2,(H,19,21)/b18-9-. The summed E-state index contributed by atoms with van der Waals surface area (Å²) in [7, 11) is 0. The average molecular weight is 333 g/mol. The largest absolute Gasteiger partial charge is 0.508 e. The molecule has 2 aromatic carbocycles. The molecule has 0 radical (unpaired) electrons. The van der Waals surface area contributed by atoms with Gasteiger partial charge in [0.1, 0.15) is 19.0 Å². The fourth-order valence-corrected chi connectivity index (χ4v) is 2.36. The van der Waals surface area contributed by atoms with Gasteiger partial charge in [0, 0.05) is 5.56 Å². The Balaban J connectivity index is 1.71. The van der Waals surface area contributed by atoms with Gasteiger partial charge >= 0.3 is 0 Å². The molecular weight excluding hydrogens is 320 g/mol. The van der Waals surface area contributed by atoms with Gasteiger partial charge in [-0.3, -0.25) is 4.79 Å². The predicted molar refractivity (Wildman–Crippen MR) is 85.6 cm³/mol. The number of aromatic hydroxyl groups is 1. The van der Waals surface area contributed by atoms with Crippen molar-refractivity contribution in [2.45, 2.75) is 0 Å². The Morgan fingerprint density at radius 1 is 1.26 bits per heavy atom. The minimum Gasteiger partial charge on any atom is -0.508 e. The minimum absolute atomic E-state index is 0.0141. The summed E-state index contributed by atoms with van der Waals surface area (Å²) >= 11 is 6.12. The molecule has 0 fully saturated rings. The fraction of sp³-hybridized carbons (Fsp3) is 0.125. The first-order chi connectivity index (χ1) is 11.1. The monoisotopic (exact) mass is 332 g/mol. The smallest absolute Gasteiger partial charge is 0.271 e. The van der Waals surface area contributed by atoms with E-state index in [9.17, 15) is 9.90 Å². The summed E-state index contributed by atoms with van der Waals surface area (Å²) < 4.78 is 10.9. The van der Waals surface area contributed by atoms with Crippen LogP contribution in [0.25, 0.3) is 0 Å². The topological polar surface area (TPSA) is 80.2 Å². The molecule has 6 nitrogen and oxygen atoms in total. The first kappa shape index (κ1) is 15.2. The third kappa shape index (κ3) is 3.54. The Morgan fingerprint density at radius 2 is 2.09 bits per heavy atom. The zero-order valence-electron chi connectivity index (χ0n) is 12.0. The number of hydrogen-bond donors (Lipinski definition) is 2. The molecule has 23 heavy (non-hydrogen) atoms. The van der Waals surface area contributed by atoms with Crippen LogP contribution in [0.4, 0.5) is 0 Å². The number of hydrazone groups is 1. The van der Waals surface area contributed by atoms with Gasteiger partial charge in [-0.05, 0) is 35.9 Å². The zero-order chi connectivity index (χ0) is 16.2. The van der Waals surface area contributed by atoms with Crippen molar-refractivity contribution >= 4 is 23.7 Å². The van der Waals surface area contributed by atoms with Crippen molar-refractivity contribution in [2.75, 3.05) is 13.2 Å². The van der Waals surface area contributed by atoms with E-state index in [4.69, 9.17) is 21.1 Å². The van der Waals surface area contributed by atoms with E-state index in [0.29, 0.717) is 40.9 Å². The molecule has 7 heteroatoms. The zero-order valence-corrected chi connectivity index (χ0v) is 12.7. The second kappa shape index (κ2) is 6.58. The lowest BCUT2D eigenvalue weighted by Crippen LogP contribution is -2.17. The van der Waals surface area contributed by atoms with E-state index >= 15 is 0 Å². The molecule has 0 aliphatic carbocycles. The number of carbonyl (C=O) groups is 1. The van der Waals surface area contributed by atoms with E-state index in [0.717, 1.165) is 0 Å². The van der Waals surface area contributed by atoms with Crippen LogP contribution < -0.4 is 14.9 Å². The maximum atomic E-state index is 11.9. The molecule has 0 aromatic heterocycles. The van der Waals surface area contributed by atoms with E-state index in [1.54, 1.807) is 24.3 Å². The van der Waals surface area contributed by atoms with Crippen LogP contribution in [0.15, 0.2) is 41.5 Å². The molecule has 0 saturated carbocycles. The maximum absolute atomic E-state index is 11.9. The molecule has 1 heterocycles. The van der Waals surface area contributed by atoms with E-state index < -0.39 is 5.91 Å². The second-order valence-electron chi connectivity index (χ2n) is 4.78. The highest BCUT2D eigenvalue weighted by atomic mass is 35.5. The van der Waals surface area contributed by atoms with Crippen molar-refractivity contribution in [2.24, 2.45) is 5.10 Å². The molecule has 3 rings (SSSR count). The SMILES string of the molecule is O=C(N/N=C\c1cc(Cl)c2c(c1)OCCO2)c1cccc(O)c1. The van der Waals surface area contributed by atoms with Crippen LogP contribution in [0.3, 0.4) is 0 Å². The van der Waals surface area contributed by atoms with E-state index in [-0.39, 0.29) is 5.75 Å². The first-order valence-corrected chi connectivity index (χ1v) is 7.23. The van der Waals surface area contributed by atoms with Gasteiger partial charge in [-0.25, -0.2) is 5.43 Å². The Bertz CT molecular complexity index is 777. The number of nitrogens with zero attached hydrogens (tertiary/aromatic N) is 1. The molecule has 2 aromatic rings. The number of phenolic OH excluding ortho intramolecular Hbond substituents is 1. The molecule has 2 N–H and O–H groups in total. The fourth-order valence-electron chi connectivity index (χ4n) is 2.08. The Kier molecular flexibility index (Phi) is 4.34. The highest BCUT2D eigenvalue weighted by Gasteiger charge is 2.16. The number of hydrogen-bond acceptors (Lipinski definition) is 5.